The molecule has 0 aliphatic heterocycles. The number of carbonyl (C=O) groups is 1. The van der Waals surface area contributed by atoms with Gasteiger partial charge in [0.05, 0.1) is 0 Å². The van der Waals surface area contributed by atoms with E-state index in [-0.39, 0.29) is 17.8 Å². The summed E-state index contributed by atoms with van der Waals surface area (Å²) in [5, 5.41) is 4.94. The lowest BCUT2D eigenvalue weighted by Gasteiger charge is -2.19. The number of nitrogens with one attached hydrogen (secondary N) is 1. The van der Waals surface area contributed by atoms with E-state index in [1.54, 1.807) is 12.1 Å². The molecule has 2 rings (SSSR count). The molecule has 0 radical (unpaired) electrons. The van der Waals surface area contributed by atoms with Crippen LogP contribution >= 0.6 is 0 Å². The van der Waals surface area contributed by atoms with Crippen molar-refractivity contribution in [2.24, 2.45) is 5.92 Å². The van der Waals surface area contributed by atoms with Crippen LogP contribution in [0.4, 0.5) is 4.39 Å². The number of carbonyl (C=O) groups excluding carboxylic acids is 1. The molecular formula is C19H24FN2O+. The molecule has 0 aliphatic carbocycles. The first-order chi connectivity index (χ1) is 11.1. The van der Waals surface area contributed by atoms with Crippen LogP contribution in [0.2, 0.25) is 0 Å². The minimum atomic E-state index is -0.268. The van der Waals surface area contributed by atoms with Crippen LogP contribution in [-0.4, -0.2) is 12.5 Å². The molecule has 4 heteroatoms. The first-order valence-corrected chi connectivity index (χ1v) is 7.95. The number of nitrogens with two attached hydrogens (primary N) is 1. The summed E-state index contributed by atoms with van der Waals surface area (Å²) < 4.78 is 12.8. The predicted molar refractivity (Wildman–Crippen MR) is 89.1 cm³/mol. The molecule has 2 aromatic carbocycles. The van der Waals surface area contributed by atoms with Gasteiger partial charge in [0.25, 0.3) is 5.91 Å². The molecular weight excluding hydrogens is 291 g/mol. The average Bonchev–Trinajstić information content (AvgIpc) is 2.55. The summed E-state index contributed by atoms with van der Waals surface area (Å²) in [6.07, 6.45) is 0. The van der Waals surface area contributed by atoms with Crippen LogP contribution in [0.3, 0.4) is 0 Å². The smallest absolute Gasteiger partial charge is 0.275 e. The summed E-state index contributed by atoms with van der Waals surface area (Å²) >= 11 is 0. The molecule has 3 N–H and O–H groups in total. The van der Waals surface area contributed by atoms with Gasteiger partial charge in [0.2, 0.25) is 0 Å². The number of hydrogen-bond donors (Lipinski definition) is 2. The molecule has 2 aromatic rings. The molecule has 23 heavy (non-hydrogen) atoms. The molecule has 122 valence electrons. The zero-order valence-corrected chi connectivity index (χ0v) is 13.6. The monoisotopic (exact) mass is 315 g/mol. The summed E-state index contributed by atoms with van der Waals surface area (Å²) in [5.41, 5.74) is 2.12. The lowest BCUT2D eigenvalue weighted by atomic mass is 9.96. The van der Waals surface area contributed by atoms with Crippen molar-refractivity contribution in [3.63, 3.8) is 0 Å². The summed E-state index contributed by atoms with van der Waals surface area (Å²) in [5.74, 6) is 0.147. The summed E-state index contributed by atoms with van der Waals surface area (Å²) in [6.45, 7) is 5.11. The Morgan fingerprint density at radius 2 is 1.74 bits per heavy atom. The average molecular weight is 315 g/mol. The maximum Gasteiger partial charge on any atom is 0.275 e. The van der Waals surface area contributed by atoms with Crippen molar-refractivity contribution in [2.75, 3.05) is 6.54 Å². The Bertz CT molecular complexity index is 611. The molecule has 0 saturated heterocycles. The van der Waals surface area contributed by atoms with E-state index in [4.69, 9.17) is 0 Å². The van der Waals surface area contributed by atoms with Crippen LogP contribution in [0.1, 0.15) is 31.0 Å². The van der Waals surface area contributed by atoms with Gasteiger partial charge in [0.15, 0.2) is 6.54 Å². The van der Waals surface area contributed by atoms with Crippen LogP contribution in [-0.2, 0) is 11.3 Å². The number of amides is 1. The topological polar surface area (TPSA) is 45.7 Å². The molecule has 0 aliphatic rings. The zero-order valence-electron chi connectivity index (χ0n) is 13.6. The second-order valence-corrected chi connectivity index (χ2v) is 6.02. The molecule has 3 nitrogen and oxygen atoms in total. The lowest BCUT2D eigenvalue weighted by molar-refractivity contribution is -0.692. The first kappa shape index (κ1) is 17.2. The van der Waals surface area contributed by atoms with E-state index < -0.39 is 0 Å². The Morgan fingerprint density at radius 1 is 1.09 bits per heavy atom. The highest BCUT2D eigenvalue weighted by Gasteiger charge is 2.19. The molecule has 0 unspecified atom stereocenters. The Balaban J connectivity index is 1.83. The number of hydrogen-bond acceptors (Lipinski definition) is 1. The van der Waals surface area contributed by atoms with Gasteiger partial charge >= 0.3 is 0 Å². The Labute approximate surface area is 136 Å². The van der Waals surface area contributed by atoms with Crippen LogP contribution in [0.5, 0.6) is 0 Å². The Hall–Kier alpha value is -2.20. The van der Waals surface area contributed by atoms with Gasteiger partial charge in [-0.2, -0.15) is 0 Å². The van der Waals surface area contributed by atoms with Crippen molar-refractivity contribution in [1.29, 1.82) is 0 Å². The molecule has 0 saturated carbocycles. The molecule has 0 bridgehead atoms. The van der Waals surface area contributed by atoms with E-state index in [1.807, 2.05) is 18.2 Å². The molecule has 1 amide bonds. The fraction of sp³-hybridized carbons (Fsp3) is 0.316. The largest absolute Gasteiger partial charge is 0.347 e. The standard InChI is InChI=1S/C19H23FN2O/c1-14(2)19(16-6-4-3-5-7-16)22-13-18(23)21-12-15-8-10-17(20)11-9-15/h3-11,14,19,22H,12-13H2,1-2H3,(H,21,23)/p+1/t19-/m1/s1. The van der Waals surface area contributed by atoms with Gasteiger partial charge in [-0.3, -0.25) is 4.79 Å². The van der Waals surface area contributed by atoms with Crippen molar-refractivity contribution < 1.29 is 14.5 Å². The Morgan fingerprint density at radius 3 is 2.35 bits per heavy atom. The van der Waals surface area contributed by atoms with Gasteiger partial charge in [-0.05, 0) is 17.7 Å². The normalized spacial score (nSPS) is 12.2. The van der Waals surface area contributed by atoms with Crippen LogP contribution in [0.25, 0.3) is 0 Å². The van der Waals surface area contributed by atoms with Gasteiger partial charge in [-0.1, -0.05) is 56.3 Å². The minimum Gasteiger partial charge on any atom is -0.347 e. The minimum absolute atomic E-state index is 0.0177. The summed E-state index contributed by atoms with van der Waals surface area (Å²) in [6, 6.07) is 16.6. The first-order valence-electron chi connectivity index (χ1n) is 7.95. The predicted octanol–water partition coefficient (Wildman–Crippen LogP) is 2.40. The van der Waals surface area contributed by atoms with Gasteiger partial charge in [-0.15, -0.1) is 0 Å². The molecule has 1 atom stereocenters. The third kappa shape index (κ3) is 5.49. The van der Waals surface area contributed by atoms with Crippen LogP contribution in [0.15, 0.2) is 54.6 Å². The molecule has 0 aromatic heterocycles. The third-order valence-electron chi connectivity index (χ3n) is 3.86. The molecule has 0 fully saturated rings. The molecule has 0 heterocycles. The van der Waals surface area contributed by atoms with Gasteiger partial charge in [-0.25, -0.2) is 4.39 Å². The maximum absolute atomic E-state index is 12.8. The lowest BCUT2D eigenvalue weighted by Crippen LogP contribution is -2.88. The maximum atomic E-state index is 12.8. The second-order valence-electron chi connectivity index (χ2n) is 6.02. The zero-order chi connectivity index (χ0) is 16.7. The van der Waals surface area contributed by atoms with E-state index in [0.717, 1.165) is 5.56 Å². The number of benzene rings is 2. The van der Waals surface area contributed by atoms with Crippen LogP contribution in [0, 0.1) is 11.7 Å². The van der Waals surface area contributed by atoms with Crippen LogP contribution < -0.4 is 10.6 Å². The van der Waals surface area contributed by atoms with Crippen molar-refractivity contribution in [3.8, 4) is 0 Å². The number of halogens is 1. The van der Waals surface area contributed by atoms with Gasteiger partial charge in [0.1, 0.15) is 11.9 Å². The third-order valence-corrected chi connectivity index (χ3v) is 3.86. The van der Waals surface area contributed by atoms with E-state index in [9.17, 15) is 9.18 Å². The van der Waals surface area contributed by atoms with E-state index in [2.05, 4.69) is 36.6 Å². The highest BCUT2D eigenvalue weighted by Crippen LogP contribution is 2.16. The Kier molecular flexibility index (Phi) is 6.29. The highest BCUT2D eigenvalue weighted by atomic mass is 19.1. The van der Waals surface area contributed by atoms with E-state index >= 15 is 0 Å². The SMILES string of the molecule is CC(C)[C@@H]([NH2+]CC(=O)NCc1ccc(F)cc1)c1ccccc1. The second kappa shape index (κ2) is 8.44. The van der Waals surface area contributed by atoms with Gasteiger partial charge in [0, 0.05) is 18.0 Å². The fourth-order valence-electron chi connectivity index (χ4n) is 2.58. The number of quaternary nitrogens is 1. The van der Waals surface area contributed by atoms with Crippen molar-refractivity contribution in [3.05, 3.63) is 71.5 Å². The summed E-state index contributed by atoms with van der Waals surface area (Å²) in [7, 11) is 0. The van der Waals surface area contributed by atoms with Crippen molar-refractivity contribution in [1.82, 2.24) is 5.32 Å². The van der Waals surface area contributed by atoms with E-state index in [0.29, 0.717) is 19.0 Å². The van der Waals surface area contributed by atoms with Gasteiger partial charge < -0.3 is 10.6 Å². The fourth-order valence-corrected chi connectivity index (χ4v) is 2.58. The summed E-state index contributed by atoms with van der Waals surface area (Å²) in [4.78, 5) is 12.0. The number of rotatable bonds is 7. The molecule has 0 spiro atoms. The quantitative estimate of drug-likeness (QED) is 0.810. The van der Waals surface area contributed by atoms with E-state index in [1.165, 1.54) is 17.7 Å². The van der Waals surface area contributed by atoms with Crippen molar-refractivity contribution >= 4 is 5.91 Å². The highest BCUT2D eigenvalue weighted by molar-refractivity contribution is 5.76. The van der Waals surface area contributed by atoms with Crippen molar-refractivity contribution in [2.45, 2.75) is 26.4 Å².